The smallest absolute Gasteiger partial charge is 0.329 e. The lowest BCUT2D eigenvalue weighted by Gasteiger charge is -2.15. The largest absolute Gasteiger partial charge is 0.467 e. The van der Waals surface area contributed by atoms with Crippen molar-refractivity contribution < 1.29 is 27.1 Å². The minimum atomic E-state index is -3.86. The zero-order chi connectivity index (χ0) is 15.3. The minimum absolute atomic E-state index is 0.141. The third-order valence-corrected chi connectivity index (χ3v) is 4.18. The maximum atomic E-state index is 12.8. The van der Waals surface area contributed by atoms with Gasteiger partial charge in [-0.15, -0.1) is 0 Å². The molecule has 0 aromatic heterocycles. The highest BCUT2D eigenvalue weighted by Crippen LogP contribution is 2.13. The van der Waals surface area contributed by atoms with E-state index in [0.29, 0.717) is 0 Å². The van der Waals surface area contributed by atoms with Crippen molar-refractivity contribution in [2.24, 2.45) is 0 Å². The van der Waals surface area contributed by atoms with Crippen LogP contribution in [0.4, 0.5) is 4.39 Å². The standard InChI is InChI=1S/C12H14FNO5S/c1-8(15)14-11(12(16)19-2)7-20(17,18)10-5-3-9(13)4-6-10/h3-6,11H,7H2,1-2H3,(H,14,15)/t11-/m0/s1. The monoisotopic (exact) mass is 303 g/mol. The Morgan fingerprint density at radius 2 is 1.85 bits per heavy atom. The molecule has 0 aliphatic heterocycles. The fraction of sp³-hybridized carbons (Fsp3) is 0.333. The number of esters is 1. The molecule has 0 aliphatic carbocycles. The molecule has 0 fully saturated rings. The summed E-state index contributed by atoms with van der Waals surface area (Å²) >= 11 is 0. The topological polar surface area (TPSA) is 89.5 Å². The van der Waals surface area contributed by atoms with E-state index in [1.54, 1.807) is 0 Å². The second kappa shape index (κ2) is 6.47. The molecule has 20 heavy (non-hydrogen) atoms. The van der Waals surface area contributed by atoms with Crippen molar-refractivity contribution in [3.63, 3.8) is 0 Å². The molecule has 0 unspecified atom stereocenters. The number of ether oxygens (including phenoxy) is 1. The van der Waals surface area contributed by atoms with Gasteiger partial charge >= 0.3 is 5.97 Å². The summed E-state index contributed by atoms with van der Waals surface area (Å²) in [7, 11) is -2.77. The Balaban J connectivity index is 2.99. The van der Waals surface area contributed by atoms with Crippen LogP contribution in [0.5, 0.6) is 0 Å². The van der Waals surface area contributed by atoms with Crippen LogP contribution in [0.25, 0.3) is 0 Å². The maximum Gasteiger partial charge on any atom is 0.329 e. The number of methoxy groups -OCH3 is 1. The Morgan fingerprint density at radius 1 is 1.30 bits per heavy atom. The molecular formula is C12H14FNO5S. The van der Waals surface area contributed by atoms with Crippen LogP contribution in [0.2, 0.25) is 0 Å². The molecule has 1 rings (SSSR count). The van der Waals surface area contributed by atoms with E-state index in [4.69, 9.17) is 0 Å². The third kappa shape index (κ3) is 4.30. The van der Waals surface area contributed by atoms with Crippen LogP contribution in [0, 0.1) is 5.82 Å². The van der Waals surface area contributed by atoms with Crippen LogP contribution in [0.1, 0.15) is 6.92 Å². The Labute approximate surface area is 115 Å². The first-order chi connectivity index (χ1) is 9.26. The molecule has 1 aromatic carbocycles. The fourth-order valence-electron chi connectivity index (χ4n) is 1.51. The molecule has 0 heterocycles. The molecule has 0 radical (unpaired) electrons. The molecule has 0 aliphatic rings. The summed E-state index contributed by atoms with van der Waals surface area (Å²) in [5, 5.41) is 2.20. The summed E-state index contributed by atoms with van der Waals surface area (Å²) in [4.78, 5) is 22.3. The summed E-state index contributed by atoms with van der Waals surface area (Å²) < 4.78 is 41.4. The maximum absolute atomic E-state index is 12.8. The van der Waals surface area contributed by atoms with E-state index in [0.717, 1.165) is 38.3 Å². The predicted molar refractivity (Wildman–Crippen MR) is 68.1 cm³/mol. The van der Waals surface area contributed by atoms with Crippen LogP contribution >= 0.6 is 0 Å². The average Bonchev–Trinajstić information content (AvgIpc) is 2.36. The van der Waals surface area contributed by atoms with Gasteiger partial charge in [0.1, 0.15) is 11.9 Å². The van der Waals surface area contributed by atoms with E-state index in [1.165, 1.54) is 0 Å². The number of halogens is 1. The highest BCUT2D eigenvalue weighted by Gasteiger charge is 2.28. The molecule has 110 valence electrons. The van der Waals surface area contributed by atoms with Crippen LogP contribution < -0.4 is 5.32 Å². The molecule has 8 heteroatoms. The first-order valence-electron chi connectivity index (χ1n) is 5.59. The predicted octanol–water partition coefficient (Wildman–Crippen LogP) is 0.277. The molecule has 6 nitrogen and oxygen atoms in total. The lowest BCUT2D eigenvalue weighted by Crippen LogP contribution is -2.45. The van der Waals surface area contributed by atoms with Gasteiger partial charge in [0.05, 0.1) is 17.8 Å². The van der Waals surface area contributed by atoms with Gasteiger partial charge in [0.15, 0.2) is 9.84 Å². The zero-order valence-corrected chi connectivity index (χ0v) is 11.7. The summed E-state index contributed by atoms with van der Waals surface area (Å²) in [5.41, 5.74) is 0. The number of benzene rings is 1. The fourth-order valence-corrected chi connectivity index (χ4v) is 2.92. The Morgan fingerprint density at radius 3 is 2.30 bits per heavy atom. The summed E-state index contributed by atoms with van der Waals surface area (Å²) in [6.07, 6.45) is 0. The number of amides is 1. The molecule has 0 bridgehead atoms. The average molecular weight is 303 g/mol. The number of hydrogen-bond acceptors (Lipinski definition) is 5. The molecule has 0 spiro atoms. The van der Waals surface area contributed by atoms with Gasteiger partial charge in [-0.3, -0.25) is 4.79 Å². The number of rotatable bonds is 5. The quantitative estimate of drug-likeness (QED) is 0.623. The van der Waals surface area contributed by atoms with Crippen LogP contribution in [0.3, 0.4) is 0 Å². The van der Waals surface area contributed by atoms with Gasteiger partial charge in [0, 0.05) is 6.92 Å². The highest BCUT2D eigenvalue weighted by molar-refractivity contribution is 7.91. The molecule has 1 amide bonds. The first-order valence-corrected chi connectivity index (χ1v) is 7.24. The van der Waals surface area contributed by atoms with Crippen molar-refractivity contribution >= 4 is 21.7 Å². The highest BCUT2D eigenvalue weighted by atomic mass is 32.2. The molecule has 1 atom stereocenters. The number of sulfone groups is 1. The SMILES string of the molecule is COC(=O)[C@H](CS(=O)(=O)c1ccc(F)cc1)NC(C)=O. The number of nitrogens with one attached hydrogen (secondary N) is 1. The van der Waals surface area contributed by atoms with Gasteiger partial charge in [0.2, 0.25) is 5.91 Å². The van der Waals surface area contributed by atoms with E-state index in [1.807, 2.05) is 0 Å². The Kier molecular flexibility index (Phi) is 5.20. The van der Waals surface area contributed by atoms with Crippen LogP contribution in [-0.4, -0.2) is 39.2 Å². The van der Waals surface area contributed by atoms with Gasteiger partial charge in [0.25, 0.3) is 0 Å². The van der Waals surface area contributed by atoms with Crippen molar-refractivity contribution in [1.29, 1.82) is 0 Å². The normalized spacial score (nSPS) is 12.6. The molecule has 0 saturated heterocycles. The van der Waals surface area contributed by atoms with E-state index in [-0.39, 0.29) is 4.90 Å². The lowest BCUT2D eigenvalue weighted by molar-refractivity contribution is -0.144. The van der Waals surface area contributed by atoms with Crippen molar-refractivity contribution in [2.75, 3.05) is 12.9 Å². The molecule has 0 saturated carbocycles. The summed E-state index contributed by atoms with van der Waals surface area (Å²) in [6, 6.07) is 2.86. The number of carbonyl (C=O) groups is 2. The second-order valence-electron chi connectivity index (χ2n) is 4.01. The summed E-state index contributed by atoms with van der Waals surface area (Å²) in [6.45, 7) is 1.15. The molecule has 1 N–H and O–H groups in total. The Hall–Kier alpha value is -1.96. The zero-order valence-electron chi connectivity index (χ0n) is 10.9. The van der Waals surface area contributed by atoms with Gasteiger partial charge in [-0.2, -0.15) is 0 Å². The van der Waals surface area contributed by atoms with E-state index < -0.39 is 39.3 Å². The van der Waals surface area contributed by atoms with Crippen LogP contribution in [-0.2, 0) is 24.2 Å². The Bertz CT molecular complexity index is 597. The molecular weight excluding hydrogens is 289 g/mol. The van der Waals surface area contributed by atoms with Gasteiger partial charge in [-0.1, -0.05) is 0 Å². The van der Waals surface area contributed by atoms with Crippen molar-refractivity contribution in [3.8, 4) is 0 Å². The van der Waals surface area contributed by atoms with Crippen molar-refractivity contribution in [2.45, 2.75) is 17.9 Å². The second-order valence-corrected chi connectivity index (χ2v) is 6.05. The van der Waals surface area contributed by atoms with Gasteiger partial charge in [-0.25, -0.2) is 17.6 Å². The lowest BCUT2D eigenvalue weighted by atomic mass is 10.3. The van der Waals surface area contributed by atoms with Crippen LogP contribution in [0.15, 0.2) is 29.2 Å². The minimum Gasteiger partial charge on any atom is -0.467 e. The number of hydrogen-bond donors (Lipinski definition) is 1. The van der Waals surface area contributed by atoms with E-state index in [2.05, 4.69) is 10.1 Å². The van der Waals surface area contributed by atoms with E-state index >= 15 is 0 Å². The summed E-state index contributed by atoms with van der Waals surface area (Å²) in [5.74, 6) is -2.67. The van der Waals surface area contributed by atoms with Gasteiger partial charge < -0.3 is 10.1 Å². The number of carbonyl (C=O) groups excluding carboxylic acids is 2. The molecule has 1 aromatic rings. The third-order valence-electron chi connectivity index (χ3n) is 2.42. The van der Waals surface area contributed by atoms with Crippen molar-refractivity contribution in [1.82, 2.24) is 5.32 Å². The van der Waals surface area contributed by atoms with Gasteiger partial charge in [-0.05, 0) is 24.3 Å². The first kappa shape index (κ1) is 16.1. The van der Waals surface area contributed by atoms with Crippen molar-refractivity contribution in [3.05, 3.63) is 30.1 Å². The van der Waals surface area contributed by atoms with E-state index in [9.17, 15) is 22.4 Å².